The summed E-state index contributed by atoms with van der Waals surface area (Å²) < 4.78 is 42.6. The van der Waals surface area contributed by atoms with Crippen molar-refractivity contribution in [3.63, 3.8) is 0 Å². The van der Waals surface area contributed by atoms with Crippen molar-refractivity contribution in [2.45, 2.75) is 48.5 Å². The second-order valence-corrected chi connectivity index (χ2v) is 13.9. The van der Waals surface area contributed by atoms with Crippen LogP contribution in [0.5, 0.6) is 0 Å². The Balaban J connectivity index is 1.32. The van der Waals surface area contributed by atoms with E-state index in [9.17, 15) is 37.6 Å². The fourth-order valence-corrected chi connectivity index (χ4v) is 7.96. The van der Waals surface area contributed by atoms with Gasteiger partial charge in [0.05, 0.1) is 32.1 Å². The predicted octanol–water partition coefficient (Wildman–Crippen LogP) is 3.50. The molecule has 0 unspecified atom stereocenters. The number of rotatable bonds is 10. The van der Waals surface area contributed by atoms with E-state index in [1.807, 2.05) is 6.07 Å². The summed E-state index contributed by atoms with van der Waals surface area (Å²) in [6.07, 6.45) is 1.66. The van der Waals surface area contributed by atoms with Gasteiger partial charge in [-0.3, -0.25) is 19.5 Å². The second-order valence-electron chi connectivity index (χ2n) is 11.2. The van der Waals surface area contributed by atoms with Crippen molar-refractivity contribution < 1.29 is 32.3 Å². The summed E-state index contributed by atoms with van der Waals surface area (Å²) in [5, 5.41) is 24.5. The zero-order chi connectivity index (χ0) is 33.9. The summed E-state index contributed by atoms with van der Waals surface area (Å²) in [5.41, 5.74) is 1.03. The first-order chi connectivity index (χ1) is 22.4. The predicted molar refractivity (Wildman–Crippen MR) is 170 cm³/mol. The highest BCUT2D eigenvalue weighted by Crippen LogP contribution is 2.32. The maximum Gasteiger partial charge on any atom is 0.326 e. The van der Waals surface area contributed by atoms with Gasteiger partial charge in [0.2, 0.25) is 15.9 Å². The number of carbonyl (C=O) groups is 3. The van der Waals surface area contributed by atoms with Crippen LogP contribution in [0.25, 0.3) is 0 Å². The molecule has 0 aliphatic carbocycles. The van der Waals surface area contributed by atoms with Crippen LogP contribution in [0.3, 0.4) is 0 Å². The molecule has 1 aromatic heterocycles. The van der Waals surface area contributed by atoms with Gasteiger partial charge in [0, 0.05) is 50.2 Å². The number of carboxylic acids is 1. The number of likely N-dealkylation sites (tertiary alicyclic amines) is 1. The highest BCUT2D eigenvalue weighted by Gasteiger charge is 2.47. The molecule has 5 rings (SSSR count). The number of carbonyl (C=O) groups excluding carboxylic acids is 2. The van der Waals surface area contributed by atoms with Crippen molar-refractivity contribution in [2.75, 3.05) is 25.0 Å². The molecule has 0 bridgehead atoms. The van der Waals surface area contributed by atoms with Gasteiger partial charge >= 0.3 is 5.97 Å². The zero-order valence-corrected chi connectivity index (χ0v) is 27.0. The molecule has 0 spiro atoms. The first kappa shape index (κ1) is 34.2. The zero-order valence-electron chi connectivity index (χ0n) is 24.6. The van der Waals surface area contributed by atoms with E-state index in [4.69, 9.17) is 23.2 Å². The van der Waals surface area contributed by atoms with Crippen LogP contribution in [0, 0.1) is 11.3 Å². The minimum atomic E-state index is -4.30. The third-order valence-electron chi connectivity index (χ3n) is 8.13. The van der Waals surface area contributed by atoms with Gasteiger partial charge in [-0.25, -0.2) is 17.6 Å². The quantitative estimate of drug-likeness (QED) is 0.286. The minimum absolute atomic E-state index is 0.0297. The topological polar surface area (TPSA) is 173 Å². The molecule has 16 heteroatoms. The first-order valence-corrected chi connectivity index (χ1v) is 16.7. The summed E-state index contributed by atoms with van der Waals surface area (Å²) in [7, 11) is -4.30. The van der Waals surface area contributed by atoms with Crippen molar-refractivity contribution in [3.8, 4) is 6.07 Å². The van der Waals surface area contributed by atoms with Gasteiger partial charge in [0.15, 0.2) is 0 Å². The second kappa shape index (κ2) is 14.3. The monoisotopic (exact) mass is 702 g/mol. The molecule has 2 aromatic carbocycles. The smallest absolute Gasteiger partial charge is 0.326 e. The van der Waals surface area contributed by atoms with Gasteiger partial charge in [0.25, 0.3) is 5.91 Å². The number of benzene rings is 2. The molecular weight excluding hydrogens is 674 g/mol. The number of pyridine rings is 1. The van der Waals surface area contributed by atoms with Gasteiger partial charge in [-0.05, 0) is 48.7 Å². The van der Waals surface area contributed by atoms with Gasteiger partial charge in [0.1, 0.15) is 18.3 Å². The number of hydrogen-bond acceptors (Lipinski definition) is 8. The lowest BCUT2D eigenvalue weighted by Gasteiger charge is -2.25. The average molecular weight is 704 g/mol. The molecule has 3 aromatic rings. The molecule has 2 fully saturated rings. The number of anilines is 1. The Hall–Kier alpha value is -4.13. The fourth-order valence-electron chi connectivity index (χ4n) is 5.74. The van der Waals surface area contributed by atoms with Crippen LogP contribution in [-0.4, -0.2) is 89.4 Å². The van der Waals surface area contributed by atoms with Crippen molar-refractivity contribution in [2.24, 2.45) is 0 Å². The van der Waals surface area contributed by atoms with Gasteiger partial charge in [-0.1, -0.05) is 41.4 Å². The number of aromatic nitrogens is 1. The Kier molecular flexibility index (Phi) is 10.4. The van der Waals surface area contributed by atoms with E-state index < -0.39 is 52.1 Å². The third kappa shape index (κ3) is 7.72. The largest absolute Gasteiger partial charge is 0.480 e. The SMILES string of the molecule is N#Cc1cccc(S(=O)(=O)N2C[C@H](N3CC[C@@H](F)C3)C[C@H]2C(=O)N[C@@H](Cc2ccc(NC(=O)c3c(Cl)cncc3Cl)cc2)C(=O)O)c1. The Morgan fingerprint density at radius 2 is 1.81 bits per heavy atom. The molecule has 2 saturated heterocycles. The van der Waals surface area contributed by atoms with Gasteiger partial charge < -0.3 is 15.7 Å². The summed E-state index contributed by atoms with van der Waals surface area (Å²) in [6.45, 7) is 0.396. The number of nitrogens with zero attached hydrogens (tertiary/aromatic N) is 4. The number of alkyl halides is 1. The van der Waals surface area contributed by atoms with Crippen molar-refractivity contribution in [3.05, 3.63) is 87.7 Å². The number of hydrogen-bond donors (Lipinski definition) is 3. The number of halogens is 3. The van der Waals surface area contributed by atoms with Crippen LogP contribution in [0.1, 0.15) is 34.3 Å². The number of sulfonamides is 1. The number of amides is 2. The lowest BCUT2D eigenvalue weighted by molar-refractivity contribution is -0.142. The molecule has 246 valence electrons. The Labute approximate surface area is 280 Å². The molecule has 2 aliphatic rings. The lowest BCUT2D eigenvalue weighted by atomic mass is 10.0. The van der Waals surface area contributed by atoms with Crippen LogP contribution >= 0.6 is 23.2 Å². The summed E-state index contributed by atoms with van der Waals surface area (Å²) >= 11 is 12.1. The number of carboxylic acid groups (broad SMARTS) is 1. The Bertz CT molecular complexity index is 1820. The van der Waals surface area contributed by atoms with Crippen molar-refractivity contribution >= 4 is 56.7 Å². The molecule has 0 saturated carbocycles. The van der Waals surface area contributed by atoms with Gasteiger partial charge in [-0.2, -0.15) is 9.57 Å². The summed E-state index contributed by atoms with van der Waals surface area (Å²) in [4.78, 5) is 44.0. The van der Waals surface area contributed by atoms with E-state index in [1.54, 1.807) is 17.0 Å². The Morgan fingerprint density at radius 3 is 2.43 bits per heavy atom. The lowest BCUT2D eigenvalue weighted by Crippen LogP contribution is -2.51. The highest BCUT2D eigenvalue weighted by atomic mass is 35.5. The molecule has 2 aliphatic heterocycles. The van der Waals surface area contributed by atoms with Crippen molar-refractivity contribution in [1.82, 2.24) is 19.5 Å². The van der Waals surface area contributed by atoms with Crippen LogP contribution in [0.2, 0.25) is 10.0 Å². The van der Waals surface area contributed by atoms with E-state index in [2.05, 4.69) is 15.6 Å². The minimum Gasteiger partial charge on any atom is -0.480 e. The first-order valence-electron chi connectivity index (χ1n) is 14.5. The number of nitriles is 1. The fraction of sp³-hybridized carbons (Fsp3) is 0.323. The van der Waals surface area contributed by atoms with E-state index in [1.165, 1.54) is 48.8 Å². The summed E-state index contributed by atoms with van der Waals surface area (Å²) in [5.74, 6) is -2.73. The standard InChI is InChI=1S/C31H29Cl2FN6O6S/c32-24-14-36-15-25(33)28(24)30(42)37-21-6-4-18(5-7-21)11-26(31(43)44)38-29(41)27-12-22(39-9-8-20(34)16-39)17-40(27)47(45,46)23-3-1-2-19(10-23)13-35/h1-7,10,14-15,20,22,26-27H,8-9,11-12,16-17H2,(H,37,42)(H,38,41)(H,43,44)/t20-,22-,26+,27+/m1/s1. The molecular formula is C31H29Cl2FN6O6S. The molecule has 4 atom stereocenters. The van der Waals surface area contributed by atoms with Gasteiger partial charge in [-0.15, -0.1) is 0 Å². The van der Waals surface area contributed by atoms with E-state index >= 15 is 0 Å². The average Bonchev–Trinajstić information content (AvgIpc) is 3.69. The third-order valence-corrected chi connectivity index (χ3v) is 10.6. The highest BCUT2D eigenvalue weighted by molar-refractivity contribution is 7.89. The normalized spacial score (nSPS) is 20.8. The molecule has 3 N–H and O–H groups in total. The molecule has 3 heterocycles. The molecule has 12 nitrogen and oxygen atoms in total. The number of aliphatic carboxylic acids is 1. The van der Waals surface area contributed by atoms with Crippen LogP contribution in [0.15, 0.2) is 65.8 Å². The van der Waals surface area contributed by atoms with Crippen molar-refractivity contribution in [1.29, 1.82) is 5.26 Å². The molecule has 0 radical (unpaired) electrons. The molecule has 2 amide bonds. The van der Waals surface area contributed by atoms with E-state index in [0.29, 0.717) is 24.2 Å². The van der Waals surface area contributed by atoms with Crippen LogP contribution < -0.4 is 10.6 Å². The summed E-state index contributed by atoms with van der Waals surface area (Å²) in [6, 6.07) is 10.3. The van der Waals surface area contributed by atoms with Crippen LogP contribution in [0.4, 0.5) is 10.1 Å². The maximum absolute atomic E-state index is 14.0. The van der Waals surface area contributed by atoms with E-state index in [0.717, 1.165) is 4.31 Å². The maximum atomic E-state index is 14.0. The molecule has 47 heavy (non-hydrogen) atoms. The van der Waals surface area contributed by atoms with E-state index in [-0.39, 0.29) is 52.0 Å². The Morgan fingerprint density at radius 1 is 1.11 bits per heavy atom. The van der Waals surface area contributed by atoms with Crippen LogP contribution in [-0.2, 0) is 26.0 Å². The number of nitrogens with one attached hydrogen (secondary N) is 2.